The summed E-state index contributed by atoms with van der Waals surface area (Å²) in [4.78, 5) is 33.2. The zero-order valence-electron chi connectivity index (χ0n) is 22.3. The second-order valence-corrected chi connectivity index (χ2v) is 10.3. The van der Waals surface area contributed by atoms with Crippen molar-refractivity contribution in [3.63, 3.8) is 0 Å². The van der Waals surface area contributed by atoms with Gasteiger partial charge in [0, 0.05) is 44.0 Å². The maximum Gasteiger partial charge on any atom is 0.410 e. The van der Waals surface area contributed by atoms with Gasteiger partial charge in [0.2, 0.25) is 0 Å². The molecule has 11 heteroatoms. The lowest BCUT2D eigenvalue weighted by molar-refractivity contribution is 0.0218. The first-order valence-electron chi connectivity index (χ1n) is 12.6. The maximum absolute atomic E-state index is 15.1. The van der Waals surface area contributed by atoms with Gasteiger partial charge in [-0.3, -0.25) is 0 Å². The molecule has 1 aliphatic heterocycles. The van der Waals surface area contributed by atoms with Crippen LogP contribution in [0.4, 0.5) is 15.0 Å². The number of nitriles is 1. The zero-order valence-corrected chi connectivity index (χ0v) is 22.3. The third kappa shape index (κ3) is 5.54. The molecule has 0 aliphatic carbocycles. The number of hydrogen-bond acceptors (Lipinski definition) is 7. The Morgan fingerprint density at radius 2 is 2.00 bits per heavy atom. The number of halogens is 1. The van der Waals surface area contributed by atoms with Gasteiger partial charge in [-0.1, -0.05) is 13.0 Å². The number of amides is 1. The first kappa shape index (κ1) is 26.9. The molecule has 10 nitrogen and oxygen atoms in total. The molecule has 3 aromatic rings. The van der Waals surface area contributed by atoms with Crippen LogP contribution in [-0.4, -0.2) is 61.6 Å². The van der Waals surface area contributed by atoms with E-state index in [-0.39, 0.29) is 17.8 Å². The number of pyridine rings is 1. The Balaban J connectivity index is 1.55. The van der Waals surface area contributed by atoms with Crippen molar-refractivity contribution in [3.8, 4) is 22.9 Å². The lowest BCUT2D eigenvalue weighted by atomic mass is 10.0. The molecule has 1 amide bonds. The smallest absolute Gasteiger partial charge is 0.410 e. The van der Waals surface area contributed by atoms with Crippen LogP contribution in [0.1, 0.15) is 46.6 Å². The molecule has 1 saturated heterocycles. The van der Waals surface area contributed by atoms with E-state index in [2.05, 4.69) is 16.2 Å². The molecule has 0 N–H and O–H groups in total. The molecule has 0 bridgehead atoms. The molecule has 0 spiro atoms. The van der Waals surface area contributed by atoms with Crippen LogP contribution in [0, 0.1) is 17.1 Å². The van der Waals surface area contributed by atoms with E-state index in [1.165, 1.54) is 27.7 Å². The van der Waals surface area contributed by atoms with Crippen molar-refractivity contribution < 1.29 is 13.9 Å². The van der Waals surface area contributed by atoms with Crippen LogP contribution < -0.4 is 10.6 Å². The SMILES string of the molecule is CCCn1ncn(-c2ccc(-c3cnc(N4CCN(C(=O)OC(C)(C)C)C[C@@H]4C)c(C#N)c3)cc2F)c1=O. The van der Waals surface area contributed by atoms with Crippen molar-refractivity contribution in [1.82, 2.24) is 24.2 Å². The first-order valence-corrected chi connectivity index (χ1v) is 12.6. The number of carbonyl (C=O) groups is 1. The van der Waals surface area contributed by atoms with Crippen LogP contribution in [0.25, 0.3) is 16.8 Å². The quantitative estimate of drug-likeness (QED) is 0.500. The van der Waals surface area contributed by atoms with Crippen LogP contribution in [-0.2, 0) is 11.3 Å². The summed E-state index contributed by atoms with van der Waals surface area (Å²) >= 11 is 0. The fraction of sp³-hybridized carbons (Fsp3) is 0.444. The number of ether oxygens (including phenoxy) is 1. The molecule has 200 valence electrons. The van der Waals surface area contributed by atoms with Crippen molar-refractivity contribution in [3.05, 3.63) is 58.7 Å². The van der Waals surface area contributed by atoms with E-state index in [1.807, 2.05) is 39.5 Å². The largest absolute Gasteiger partial charge is 0.444 e. The summed E-state index contributed by atoms with van der Waals surface area (Å²) in [6, 6.07) is 8.30. The minimum atomic E-state index is -0.588. The molecule has 4 rings (SSSR count). The Hall–Kier alpha value is -4.20. The van der Waals surface area contributed by atoms with Gasteiger partial charge in [-0.25, -0.2) is 28.2 Å². The summed E-state index contributed by atoms with van der Waals surface area (Å²) in [5.74, 6) is -0.0744. The summed E-state index contributed by atoms with van der Waals surface area (Å²) in [6.07, 6.45) is 3.28. The van der Waals surface area contributed by atoms with Crippen LogP contribution in [0.5, 0.6) is 0 Å². The number of anilines is 1. The van der Waals surface area contributed by atoms with E-state index < -0.39 is 17.1 Å². The molecular formula is C27H32FN7O3. The molecule has 1 fully saturated rings. The van der Waals surface area contributed by atoms with E-state index in [1.54, 1.807) is 23.2 Å². The molecule has 1 aromatic carbocycles. The predicted molar refractivity (Wildman–Crippen MR) is 141 cm³/mol. The van der Waals surface area contributed by atoms with Gasteiger partial charge in [-0.15, -0.1) is 0 Å². The highest BCUT2D eigenvalue weighted by molar-refractivity contribution is 5.71. The number of carbonyl (C=O) groups excluding carboxylic acids is 1. The Kier molecular flexibility index (Phi) is 7.53. The average molecular weight is 522 g/mol. The normalized spacial score (nSPS) is 15.9. The number of hydrogen-bond donors (Lipinski definition) is 0. The van der Waals surface area contributed by atoms with Crippen LogP contribution in [0.15, 0.2) is 41.6 Å². The van der Waals surface area contributed by atoms with Gasteiger partial charge in [-0.05, 0) is 57.9 Å². The first-order chi connectivity index (χ1) is 18.0. The third-order valence-electron chi connectivity index (χ3n) is 6.25. The van der Waals surface area contributed by atoms with Crippen LogP contribution in [0.2, 0.25) is 0 Å². The van der Waals surface area contributed by atoms with E-state index in [9.17, 15) is 14.9 Å². The third-order valence-corrected chi connectivity index (χ3v) is 6.25. The fourth-order valence-corrected chi connectivity index (χ4v) is 4.44. The Labute approximate surface area is 220 Å². The molecular weight excluding hydrogens is 489 g/mol. The van der Waals surface area contributed by atoms with Crippen molar-refractivity contribution in [1.29, 1.82) is 5.26 Å². The second-order valence-electron chi connectivity index (χ2n) is 10.3. The summed E-state index contributed by atoms with van der Waals surface area (Å²) in [5.41, 5.74) is 0.568. The second kappa shape index (κ2) is 10.7. The van der Waals surface area contributed by atoms with Gasteiger partial charge in [0.15, 0.2) is 0 Å². The molecule has 1 aliphatic rings. The van der Waals surface area contributed by atoms with E-state index in [4.69, 9.17) is 4.74 Å². The lowest BCUT2D eigenvalue weighted by Crippen LogP contribution is -2.55. The Morgan fingerprint density at radius 3 is 2.63 bits per heavy atom. The molecule has 2 aromatic heterocycles. The molecule has 1 atom stereocenters. The molecule has 0 unspecified atom stereocenters. The van der Waals surface area contributed by atoms with Gasteiger partial charge in [0.05, 0.1) is 11.3 Å². The number of rotatable bonds is 5. The number of nitrogens with zero attached hydrogens (tertiary/aromatic N) is 7. The van der Waals surface area contributed by atoms with Crippen LogP contribution in [0.3, 0.4) is 0 Å². The van der Waals surface area contributed by atoms with Gasteiger partial charge >= 0.3 is 11.8 Å². The highest BCUT2D eigenvalue weighted by Crippen LogP contribution is 2.29. The molecule has 0 radical (unpaired) electrons. The zero-order chi connectivity index (χ0) is 27.6. The molecule has 0 saturated carbocycles. The highest BCUT2D eigenvalue weighted by atomic mass is 19.1. The Bertz CT molecular complexity index is 1430. The minimum absolute atomic E-state index is 0.0922. The molecule has 38 heavy (non-hydrogen) atoms. The summed E-state index contributed by atoms with van der Waals surface area (Å²) in [7, 11) is 0. The maximum atomic E-state index is 15.1. The van der Waals surface area contributed by atoms with Crippen molar-refractivity contribution in [2.75, 3.05) is 24.5 Å². The fourth-order valence-electron chi connectivity index (χ4n) is 4.44. The number of aromatic nitrogens is 4. The van der Waals surface area contributed by atoms with E-state index in [0.29, 0.717) is 48.7 Å². The predicted octanol–water partition coefficient (Wildman–Crippen LogP) is 3.96. The average Bonchev–Trinajstić information content (AvgIpc) is 3.22. The summed E-state index contributed by atoms with van der Waals surface area (Å²) in [5, 5.41) is 13.9. The number of benzene rings is 1. The van der Waals surface area contributed by atoms with Gasteiger partial charge < -0.3 is 14.5 Å². The van der Waals surface area contributed by atoms with Gasteiger partial charge in [0.1, 0.15) is 29.6 Å². The van der Waals surface area contributed by atoms with Crippen LogP contribution >= 0.6 is 0 Å². The number of aryl methyl sites for hydroxylation is 1. The highest BCUT2D eigenvalue weighted by Gasteiger charge is 2.31. The molecule has 3 heterocycles. The van der Waals surface area contributed by atoms with E-state index in [0.717, 1.165) is 6.42 Å². The standard InChI is InChI=1S/C27H32FN7O3/c1-6-9-35-25(36)34(17-31-35)23-8-7-19(13-22(23)28)21-12-20(14-29)24(30-15-21)33-11-10-32(16-18(33)2)26(37)38-27(3,4)5/h7-8,12-13,15,17-18H,6,9-11,16H2,1-5H3/t18-/m0/s1. The van der Waals surface area contributed by atoms with Gasteiger partial charge in [-0.2, -0.15) is 10.4 Å². The van der Waals surface area contributed by atoms with Crippen molar-refractivity contribution >= 4 is 11.9 Å². The lowest BCUT2D eigenvalue weighted by Gasteiger charge is -2.41. The minimum Gasteiger partial charge on any atom is -0.444 e. The van der Waals surface area contributed by atoms with Gasteiger partial charge in [0.25, 0.3) is 0 Å². The Morgan fingerprint density at radius 1 is 1.24 bits per heavy atom. The van der Waals surface area contributed by atoms with E-state index >= 15 is 4.39 Å². The number of piperazine rings is 1. The van der Waals surface area contributed by atoms with Crippen molar-refractivity contribution in [2.24, 2.45) is 0 Å². The monoisotopic (exact) mass is 521 g/mol. The topological polar surface area (TPSA) is 109 Å². The summed E-state index contributed by atoms with van der Waals surface area (Å²) in [6.45, 7) is 11.2. The summed E-state index contributed by atoms with van der Waals surface area (Å²) < 4.78 is 23.0. The van der Waals surface area contributed by atoms with Crippen molar-refractivity contribution in [2.45, 2.75) is 59.2 Å².